The van der Waals surface area contributed by atoms with Crippen LogP contribution in [0.25, 0.3) is 0 Å². The molecule has 0 aliphatic heterocycles. The van der Waals surface area contributed by atoms with Crippen molar-refractivity contribution in [2.45, 2.75) is 18.3 Å². The minimum Gasteiger partial charge on any atom is -0.453 e. The minimum absolute atomic E-state index is 0.283. The van der Waals surface area contributed by atoms with Crippen LogP contribution in [0.3, 0.4) is 0 Å². The molecule has 0 fully saturated rings. The van der Waals surface area contributed by atoms with Crippen molar-refractivity contribution in [3.63, 3.8) is 0 Å². The lowest BCUT2D eigenvalue weighted by Crippen LogP contribution is -2.38. The molecular weight excluding hydrogens is 166 g/mol. The van der Waals surface area contributed by atoms with E-state index in [1.54, 1.807) is 6.92 Å². The number of halogens is 1. The molecule has 0 bridgehead atoms. The highest BCUT2D eigenvalue weighted by Gasteiger charge is 2.13. The third-order valence-corrected chi connectivity index (χ3v) is 1.63. The molecule has 62 valence electrons. The van der Waals surface area contributed by atoms with Gasteiger partial charge in [-0.3, -0.25) is 0 Å². The summed E-state index contributed by atoms with van der Waals surface area (Å²) in [4.78, 5) is 10.6. The van der Waals surface area contributed by atoms with Crippen molar-refractivity contribution in [2.24, 2.45) is 0 Å². The molecule has 4 heteroatoms. The number of carbonyl (C=O) groups is 1. The number of terminal acetylenes is 1. The number of carbonyl (C=O) groups excluding carboxylic acids is 1. The number of ether oxygens (including phenoxy) is 1. The normalized spacial score (nSPS) is 14.4. The SMILES string of the molecule is C#C[C@@H](Cl)[C@@H](C)NC(=O)OC. The fourth-order valence-corrected chi connectivity index (χ4v) is 0.525. The average Bonchev–Trinajstić information content (AvgIpc) is 2.02. The van der Waals surface area contributed by atoms with Gasteiger partial charge < -0.3 is 10.1 Å². The summed E-state index contributed by atoms with van der Waals surface area (Å²) in [5, 5.41) is 1.94. The fraction of sp³-hybridized carbons (Fsp3) is 0.571. The highest BCUT2D eigenvalue weighted by molar-refractivity contribution is 6.23. The van der Waals surface area contributed by atoms with E-state index in [2.05, 4.69) is 16.0 Å². The van der Waals surface area contributed by atoms with E-state index in [0.717, 1.165) is 0 Å². The van der Waals surface area contributed by atoms with Crippen molar-refractivity contribution in [3.8, 4) is 12.3 Å². The molecule has 0 heterocycles. The fourth-order valence-electron chi connectivity index (χ4n) is 0.462. The smallest absolute Gasteiger partial charge is 0.407 e. The molecule has 3 nitrogen and oxygen atoms in total. The molecule has 11 heavy (non-hydrogen) atoms. The molecule has 0 unspecified atom stereocenters. The molecule has 0 rings (SSSR count). The molecular formula is C7H10ClNO2. The Morgan fingerprint density at radius 3 is 2.73 bits per heavy atom. The minimum atomic E-state index is -0.529. The highest BCUT2D eigenvalue weighted by Crippen LogP contribution is 2.00. The topological polar surface area (TPSA) is 38.3 Å². The molecule has 0 aromatic rings. The second kappa shape index (κ2) is 4.86. The molecule has 0 radical (unpaired) electrons. The van der Waals surface area contributed by atoms with Crippen LogP contribution in [-0.4, -0.2) is 24.6 Å². The Hall–Kier alpha value is -0.880. The van der Waals surface area contributed by atoms with Crippen LogP contribution in [0, 0.1) is 12.3 Å². The molecule has 1 amide bonds. The van der Waals surface area contributed by atoms with E-state index in [-0.39, 0.29) is 6.04 Å². The number of alkyl carbamates (subject to hydrolysis) is 1. The van der Waals surface area contributed by atoms with Gasteiger partial charge in [0, 0.05) is 0 Å². The zero-order valence-corrected chi connectivity index (χ0v) is 7.18. The Labute approximate surface area is 71.1 Å². The van der Waals surface area contributed by atoms with Gasteiger partial charge in [0.1, 0.15) is 5.38 Å². The van der Waals surface area contributed by atoms with Gasteiger partial charge in [-0.25, -0.2) is 4.79 Å². The Balaban J connectivity index is 3.79. The maximum absolute atomic E-state index is 10.6. The van der Waals surface area contributed by atoms with Gasteiger partial charge in [0.2, 0.25) is 0 Å². The van der Waals surface area contributed by atoms with E-state index in [4.69, 9.17) is 18.0 Å². The summed E-state index contributed by atoms with van der Waals surface area (Å²) >= 11 is 5.61. The maximum atomic E-state index is 10.6. The first kappa shape index (κ1) is 10.1. The van der Waals surface area contributed by atoms with Crippen LogP contribution in [0.1, 0.15) is 6.92 Å². The Morgan fingerprint density at radius 1 is 1.82 bits per heavy atom. The molecule has 0 aromatic carbocycles. The van der Waals surface area contributed by atoms with Gasteiger partial charge in [-0.15, -0.1) is 18.0 Å². The van der Waals surface area contributed by atoms with Crippen LogP contribution in [0.15, 0.2) is 0 Å². The number of amides is 1. The number of hydrogen-bond donors (Lipinski definition) is 1. The molecule has 0 saturated carbocycles. The van der Waals surface area contributed by atoms with Crippen molar-refractivity contribution in [3.05, 3.63) is 0 Å². The quantitative estimate of drug-likeness (QED) is 0.502. The third kappa shape index (κ3) is 3.74. The lowest BCUT2D eigenvalue weighted by Gasteiger charge is -2.13. The molecule has 0 aliphatic rings. The Kier molecular flexibility index (Phi) is 4.47. The Bertz CT molecular complexity index is 176. The van der Waals surface area contributed by atoms with Crippen LogP contribution in [-0.2, 0) is 4.74 Å². The van der Waals surface area contributed by atoms with Crippen molar-refractivity contribution in [2.75, 3.05) is 7.11 Å². The van der Waals surface area contributed by atoms with Crippen molar-refractivity contribution in [1.82, 2.24) is 5.32 Å². The van der Waals surface area contributed by atoms with Crippen LogP contribution < -0.4 is 5.32 Å². The van der Waals surface area contributed by atoms with Crippen LogP contribution in [0.2, 0.25) is 0 Å². The summed E-state index contributed by atoms with van der Waals surface area (Å²) in [6, 6.07) is -0.283. The zero-order chi connectivity index (χ0) is 8.85. The van der Waals surface area contributed by atoms with Crippen molar-refractivity contribution >= 4 is 17.7 Å². The van der Waals surface area contributed by atoms with E-state index in [0.29, 0.717) is 0 Å². The van der Waals surface area contributed by atoms with Gasteiger partial charge in [0.25, 0.3) is 0 Å². The molecule has 0 aromatic heterocycles. The highest BCUT2D eigenvalue weighted by atomic mass is 35.5. The number of alkyl halides is 1. The summed E-state index contributed by atoms with van der Waals surface area (Å²) in [6.07, 6.45) is 4.49. The number of rotatable bonds is 2. The van der Waals surface area contributed by atoms with E-state index in [1.807, 2.05) is 0 Å². The predicted octanol–water partition coefficient (Wildman–Crippen LogP) is 0.972. The lowest BCUT2D eigenvalue weighted by atomic mass is 10.2. The van der Waals surface area contributed by atoms with Gasteiger partial charge in [-0.2, -0.15) is 0 Å². The standard InChI is InChI=1S/C7H10ClNO2/c1-4-6(8)5(2)9-7(10)11-3/h1,5-6H,2-3H3,(H,9,10)/t5-,6-/m1/s1. The van der Waals surface area contributed by atoms with E-state index in [1.165, 1.54) is 7.11 Å². The third-order valence-electron chi connectivity index (χ3n) is 1.13. The lowest BCUT2D eigenvalue weighted by molar-refractivity contribution is 0.168. The van der Waals surface area contributed by atoms with E-state index in [9.17, 15) is 4.79 Å². The molecule has 0 aliphatic carbocycles. The number of hydrogen-bond acceptors (Lipinski definition) is 2. The van der Waals surface area contributed by atoms with Crippen molar-refractivity contribution in [1.29, 1.82) is 0 Å². The summed E-state index contributed by atoms with van der Waals surface area (Å²) in [5.74, 6) is 2.29. The van der Waals surface area contributed by atoms with Crippen molar-refractivity contribution < 1.29 is 9.53 Å². The first-order valence-corrected chi connectivity index (χ1v) is 3.50. The van der Waals surface area contributed by atoms with Gasteiger partial charge in [-0.1, -0.05) is 5.92 Å². The van der Waals surface area contributed by atoms with Gasteiger partial charge in [0.15, 0.2) is 0 Å². The van der Waals surface area contributed by atoms with E-state index >= 15 is 0 Å². The van der Waals surface area contributed by atoms with Gasteiger partial charge in [0.05, 0.1) is 13.2 Å². The Morgan fingerprint density at radius 2 is 2.36 bits per heavy atom. The number of methoxy groups -OCH3 is 1. The molecule has 0 spiro atoms. The second-order valence-corrected chi connectivity index (χ2v) is 2.46. The van der Waals surface area contributed by atoms with Gasteiger partial charge >= 0.3 is 6.09 Å². The molecule has 1 N–H and O–H groups in total. The summed E-state index contributed by atoms with van der Waals surface area (Å²) in [6.45, 7) is 1.70. The summed E-state index contributed by atoms with van der Waals surface area (Å²) in [5.41, 5.74) is 0. The maximum Gasteiger partial charge on any atom is 0.407 e. The largest absolute Gasteiger partial charge is 0.453 e. The zero-order valence-electron chi connectivity index (χ0n) is 6.43. The van der Waals surface area contributed by atoms with Crippen LogP contribution >= 0.6 is 11.6 Å². The molecule has 2 atom stereocenters. The monoisotopic (exact) mass is 175 g/mol. The summed E-state index contributed by atoms with van der Waals surface area (Å²) in [7, 11) is 1.28. The second-order valence-electron chi connectivity index (χ2n) is 1.99. The average molecular weight is 176 g/mol. The van der Waals surface area contributed by atoms with Crippen LogP contribution in [0.4, 0.5) is 4.79 Å². The summed E-state index contributed by atoms with van der Waals surface area (Å²) < 4.78 is 4.34. The predicted molar refractivity (Wildman–Crippen MR) is 43.5 cm³/mol. The first-order chi connectivity index (χ1) is 5.11. The van der Waals surface area contributed by atoms with E-state index < -0.39 is 11.5 Å². The molecule has 0 saturated heterocycles. The number of nitrogens with one attached hydrogen (secondary N) is 1. The van der Waals surface area contributed by atoms with Crippen LogP contribution in [0.5, 0.6) is 0 Å². The van der Waals surface area contributed by atoms with Gasteiger partial charge in [-0.05, 0) is 6.92 Å². The first-order valence-electron chi connectivity index (χ1n) is 3.06.